The van der Waals surface area contributed by atoms with Crippen molar-refractivity contribution in [2.45, 2.75) is 5.54 Å². The molecule has 1 fully saturated rings. The van der Waals surface area contributed by atoms with Gasteiger partial charge in [0, 0.05) is 0 Å². The lowest BCUT2D eigenvalue weighted by Crippen LogP contribution is -2.61. The molecule has 0 radical (unpaired) electrons. The van der Waals surface area contributed by atoms with Gasteiger partial charge in [0.15, 0.2) is 0 Å². The van der Waals surface area contributed by atoms with Crippen molar-refractivity contribution in [1.29, 1.82) is 0 Å². The third-order valence-corrected chi connectivity index (χ3v) is 2.12. The molecule has 3 nitrogen and oxygen atoms in total. The van der Waals surface area contributed by atoms with Gasteiger partial charge in [0.05, 0.1) is 18.8 Å². The molecule has 0 spiro atoms. The first kappa shape index (κ1) is 9.43. The first-order valence-electron chi connectivity index (χ1n) is 4.43. The lowest BCUT2D eigenvalue weighted by molar-refractivity contribution is -0.0722. The predicted molar refractivity (Wildman–Crippen MR) is 49.6 cm³/mol. The van der Waals surface area contributed by atoms with E-state index in [0.717, 1.165) is 0 Å². The molecule has 2 N–H and O–H groups in total. The van der Waals surface area contributed by atoms with Crippen molar-refractivity contribution >= 4 is 0 Å². The van der Waals surface area contributed by atoms with Crippen LogP contribution < -0.4 is 10.5 Å². The van der Waals surface area contributed by atoms with Gasteiger partial charge in [0.1, 0.15) is 18.2 Å². The highest BCUT2D eigenvalue weighted by molar-refractivity contribution is 5.22. The highest BCUT2D eigenvalue weighted by Gasteiger charge is 2.34. The van der Waals surface area contributed by atoms with Gasteiger partial charge in [-0.2, -0.15) is 0 Å². The second-order valence-electron chi connectivity index (χ2n) is 3.60. The predicted octanol–water partition coefficient (Wildman–Crippen LogP) is 0.932. The molecule has 0 bridgehead atoms. The summed E-state index contributed by atoms with van der Waals surface area (Å²) < 4.78 is 22.9. The van der Waals surface area contributed by atoms with Gasteiger partial charge in [-0.25, -0.2) is 4.39 Å². The first-order chi connectivity index (χ1) is 6.68. The fourth-order valence-electron chi connectivity index (χ4n) is 1.21. The topological polar surface area (TPSA) is 44.5 Å². The third kappa shape index (κ3) is 2.02. The van der Waals surface area contributed by atoms with E-state index in [1.807, 2.05) is 0 Å². The summed E-state index contributed by atoms with van der Waals surface area (Å²) in [5, 5.41) is 0. The van der Waals surface area contributed by atoms with Gasteiger partial charge >= 0.3 is 0 Å². The Morgan fingerprint density at radius 2 is 2.00 bits per heavy atom. The summed E-state index contributed by atoms with van der Waals surface area (Å²) >= 11 is 0. The normalized spacial score (nSPS) is 18.7. The highest BCUT2D eigenvalue weighted by atomic mass is 19.1. The fourth-order valence-corrected chi connectivity index (χ4v) is 1.21. The Hall–Kier alpha value is -1.13. The second kappa shape index (κ2) is 3.55. The summed E-state index contributed by atoms with van der Waals surface area (Å²) in [6.45, 7) is 1.45. The number of hydrogen-bond donors (Lipinski definition) is 1. The summed E-state index contributed by atoms with van der Waals surface area (Å²) in [7, 11) is 0. The SMILES string of the molecule is NC1(COc2ccc(F)cc2)COC1. The van der Waals surface area contributed by atoms with Crippen LogP contribution in [0.4, 0.5) is 4.39 Å². The molecule has 4 heteroatoms. The number of hydrogen-bond acceptors (Lipinski definition) is 3. The average Bonchev–Trinajstić information content (AvgIpc) is 2.14. The third-order valence-electron chi connectivity index (χ3n) is 2.12. The van der Waals surface area contributed by atoms with Crippen LogP contribution in [0.1, 0.15) is 0 Å². The zero-order valence-corrected chi connectivity index (χ0v) is 7.70. The van der Waals surface area contributed by atoms with Gasteiger partial charge in [0.2, 0.25) is 0 Å². The van der Waals surface area contributed by atoms with E-state index in [-0.39, 0.29) is 11.4 Å². The molecular formula is C10H12FNO2. The molecule has 1 aliphatic heterocycles. The Bertz CT molecular complexity index is 308. The first-order valence-corrected chi connectivity index (χ1v) is 4.43. The van der Waals surface area contributed by atoms with E-state index in [0.29, 0.717) is 25.6 Å². The standard InChI is InChI=1S/C10H12FNO2/c11-8-1-3-9(4-2-8)14-7-10(12)5-13-6-10/h1-4H,5-7,12H2. The minimum atomic E-state index is -0.367. The molecule has 1 heterocycles. The Labute approximate surface area is 81.6 Å². The minimum absolute atomic E-state index is 0.271. The quantitative estimate of drug-likeness (QED) is 0.784. The molecular weight excluding hydrogens is 185 g/mol. The van der Waals surface area contributed by atoms with Gasteiger partial charge in [-0.1, -0.05) is 0 Å². The highest BCUT2D eigenvalue weighted by Crippen LogP contribution is 2.17. The molecule has 0 saturated carbocycles. The number of ether oxygens (including phenoxy) is 2. The van der Waals surface area contributed by atoms with Crippen molar-refractivity contribution in [2.75, 3.05) is 19.8 Å². The van der Waals surface area contributed by atoms with Gasteiger partial charge in [-0.05, 0) is 24.3 Å². The van der Waals surface area contributed by atoms with Crippen LogP contribution in [0.2, 0.25) is 0 Å². The van der Waals surface area contributed by atoms with Crippen LogP contribution in [0.15, 0.2) is 24.3 Å². The molecule has 0 atom stereocenters. The maximum Gasteiger partial charge on any atom is 0.123 e. The van der Waals surface area contributed by atoms with Gasteiger partial charge in [-0.15, -0.1) is 0 Å². The van der Waals surface area contributed by atoms with Gasteiger partial charge in [-0.3, -0.25) is 0 Å². The van der Waals surface area contributed by atoms with E-state index in [2.05, 4.69) is 0 Å². The molecule has 1 aromatic carbocycles. The monoisotopic (exact) mass is 197 g/mol. The van der Waals surface area contributed by atoms with E-state index in [1.165, 1.54) is 12.1 Å². The summed E-state index contributed by atoms with van der Waals surface area (Å²) in [5.41, 5.74) is 5.49. The Balaban J connectivity index is 1.88. The lowest BCUT2D eigenvalue weighted by Gasteiger charge is -2.37. The van der Waals surface area contributed by atoms with Crippen molar-refractivity contribution in [3.05, 3.63) is 30.1 Å². The van der Waals surface area contributed by atoms with Crippen LogP contribution in [0.5, 0.6) is 5.75 Å². The number of halogens is 1. The molecule has 0 unspecified atom stereocenters. The number of rotatable bonds is 3. The van der Waals surface area contributed by atoms with Crippen molar-refractivity contribution < 1.29 is 13.9 Å². The summed E-state index contributed by atoms with van der Waals surface area (Å²) in [5.74, 6) is 0.356. The van der Waals surface area contributed by atoms with Gasteiger partial charge < -0.3 is 15.2 Å². The van der Waals surface area contributed by atoms with Crippen LogP contribution in [-0.4, -0.2) is 25.4 Å². The van der Waals surface area contributed by atoms with Crippen LogP contribution in [0, 0.1) is 5.82 Å². The molecule has 1 aromatic rings. The van der Waals surface area contributed by atoms with Crippen molar-refractivity contribution in [2.24, 2.45) is 5.73 Å². The molecule has 0 aromatic heterocycles. The Kier molecular flexibility index (Phi) is 2.39. The van der Waals surface area contributed by atoms with E-state index in [4.69, 9.17) is 15.2 Å². The summed E-state index contributed by atoms with van der Waals surface area (Å²) in [6, 6.07) is 5.88. The smallest absolute Gasteiger partial charge is 0.123 e. The van der Waals surface area contributed by atoms with E-state index < -0.39 is 0 Å². The molecule has 1 saturated heterocycles. The Morgan fingerprint density at radius 1 is 1.36 bits per heavy atom. The van der Waals surface area contributed by atoms with E-state index in [1.54, 1.807) is 12.1 Å². The second-order valence-corrected chi connectivity index (χ2v) is 3.60. The summed E-state index contributed by atoms with van der Waals surface area (Å²) in [6.07, 6.45) is 0. The zero-order valence-electron chi connectivity index (χ0n) is 7.70. The molecule has 0 aliphatic carbocycles. The van der Waals surface area contributed by atoms with Crippen molar-refractivity contribution in [3.8, 4) is 5.75 Å². The molecule has 14 heavy (non-hydrogen) atoms. The van der Waals surface area contributed by atoms with Gasteiger partial charge in [0.25, 0.3) is 0 Å². The summed E-state index contributed by atoms with van der Waals surface area (Å²) in [4.78, 5) is 0. The van der Waals surface area contributed by atoms with E-state index in [9.17, 15) is 4.39 Å². The largest absolute Gasteiger partial charge is 0.491 e. The van der Waals surface area contributed by atoms with Crippen LogP contribution in [0.25, 0.3) is 0 Å². The van der Waals surface area contributed by atoms with Crippen LogP contribution in [0.3, 0.4) is 0 Å². The molecule has 76 valence electrons. The molecule has 2 rings (SSSR count). The molecule has 0 amide bonds. The maximum atomic E-state index is 12.5. The van der Waals surface area contributed by atoms with Crippen molar-refractivity contribution in [1.82, 2.24) is 0 Å². The maximum absolute atomic E-state index is 12.5. The van der Waals surface area contributed by atoms with Crippen molar-refractivity contribution in [3.63, 3.8) is 0 Å². The molecule has 1 aliphatic rings. The fraction of sp³-hybridized carbons (Fsp3) is 0.400. The average molecular weight is 197 g/mol. The van der Waals surface area contributed by atoms with E-state index >= 15 is 0 Å². The van der Waals surface area contributed by atoms with Crippen LogP contribution >= 0.6 is 0 Å². The van der Waals surface area contributed by atoms with Crippen LogP contribution in [-0.2, 0) is 4.74 Å². The zero-order chi connectivity index (χ0) is 10.0. The number of nitrogens with two attached hydrogens (primary N) is 1. The number of benzene rings is 1. The Morgan fingerprint density at radius 3 is 2.50 bits per heavy atom. The minimum Gasteiger partial charge on any atom is -0.491 e. The lowest BCUT2D eigenvalue weighted by atomic mass is 10.0.